The Balaban J connectivity index is 2.31. The van der Waals surface area contributed by atoms with Crippen molar-refractivity contribution in [1.82, 2.24) is 0 Å². The molecule has 1 amide bonds. The van der Waals surface area contributed by atoms with Crippen LogP contribution in [0, 0.1) is 11.3 Å². The maximum absolute atomic E-state index is 12.4. The molecule has 0 N–H and O–H groups in total. The molecule has 1 saturated heterocycles. The van der Waals surface area contributed by atoms with Gasteiger partial charge in [-0.1, -0.05) is 18.6 Å². The van der Waals surface area contributed by atoms with E-state index in [0.717, 1.165) is 6.42 Å². The fourth-order valence-electron chi connectivity index (χ4n) is 2.43. The van der Waals surface area contributed by atoms with Crippen LogP contribution in [0.15, 0.2) is 24.3 Å². The van der Waals surface area contributed by atoms with Gasteiger partial charge in [-0.2, -0.15) is 5.26 Å². The highest BCUT2D eigenvalue weighted by atomic mass is 32.2. The van der Waals surface area contributed by atoms with E-state index in [2.05, 4.69) is 0 Å². The molecule has 6 heteroatoms. The molecule has 0 saturated carbocycles. The van der Waals surface area contributed by atoms with Gasteiger partial charge in [-0.25, -0.2) is 8.42 Å². The highest BCUT2D eigenvalue weighted by molar-refractivity contribution is 7.92. The Morgan fingerprint density at radius 3 is 2.70 bits per heavy atom. The number of hydrogen-bond acceptors (Lipinski definition) is 4. The maximum atomic E-state index is 12.4. The predicted octanol–water partition coefficient (Wildman–Crippen LogP) is 1.49. The zero-order valence-corrected chi connectivity index (χ0v) is 12.1. The van der Waals surface area contributed by atoms with Crippen LogP contribution < -0.4 is 4.90 Å². The lowest BCUT2D eigenvalue weighted by molar-refractivity contribution is -0.118. The van der Waals surface area contributed by atoms with Crippen LogP contribution in [-0.4, -0.2) is 32.4 Å². The molecule has 1 atom stereocenters. The summed E-state index contributed by atoms with van der Waals surface area (Å²) >= 11 is 0. The van der Waals surface area contributed by atoms with Gasteiger partial charge in [0.15, 0.2) is 9.84 Å². The molecule has 0 aromatic heterocycles. The second-order valence-corrected chi connectivity index (χ2v) is 7.18. The Hall–Kier alpha value is -1.87. The van der Waals surface area contributed by atoms with Gasteiger partial charge in [-0.3, -0.25) is 4.79 Å². The molecule has 2 rings (SSSR count). The van der Waals surface area contributed by atoms with Gasteiger partial charge in [-0.05, 0) is 25.0 Å². The third-order valence-corrected chi connectivity index (χ3v) is 5.73. The molecule has 1 aliphatic rings. The predicted molar refractivity (Wildman–Crippen MR) is 76.0 cm³/mol. The summed E-state index contributed by atoms with van der Waals surface area (Å²) in [6.45, 7) is 0. The molecule has 1 heterocycles. The third kappa shape index (κ3) is 2.68. The minimum Gasteiger partial charge on any atom is -0.313 e. The Morgan fingerprint density at radius 2 is 2.05 bits per heavy atom. The fourth-order valence-corrected chi connectivity index (χ4v) is 4.31. The Labute approximate surface area is 118 Å². The number of nitriles is 1. The van der Waals surface area contributed by atoms with Crippen molar-refractivity contribution in [3.63, 3.8) is 0 Å². The van der Waals surface area contributed by atoms with Crippen LogP contribution >= 0.6 is 0 Å². The molecule has 1 aromatic carbocycles. The number of nitrogens with zero attached hydrogens (tertiary/aromatic N) is 2. The van der Waals surface area contributed by atoms with E-state index in [1.807, 2.05) is 6.07 Å². The molecule has 20 heavy (non-hydrogen) atoms. The van der Waals surface area contributed by atoms with Gasteiger partial charge in [0.25, 0.3) is 0 Å². The molecule has 0 radical (unpaired) electrons. The number of para-hydroxylation sites is 1. The summed E-state index contributed by atoms with van der Waals surface area (Å²) < 4.78 is 24.0. The van der Waals surface area contributed by atoms with Crippen LogP contribution in [0.1, 0.15) is 24.8 Å². The molecule has 5 nitrogen and oxygen atoms in total. The van der Waals surface area contributed by atoms with Crippen molar-refractivity contribution in [2.75, 3.05) is 17.7 Å². The minimum absolute atomic E-state index is 0.0666. The number of rotatable bonds is 2. The smallest absolute Gasteiger partial charge is 0.245 e. The van der Waals surface area contributed by atoms with Crippen molar-refractivity contribution < 1.29 is 13.2 Å². The van der Waals surface area contributed by atoms with Gasteiger partial charge in [0.2, 0.25) is 5.91 Å². The van der Waals surface area contributed by atoms with E-state index < -0.39 is 21.0 Å². The summed E-state index contributed by atoms with van der Waals surface area (Å²) in [4.78, 5) is 13.7. The molecule has 0 spiro atoms. The van der Waals surface area contributed by atoms with Gasteiger partial charge in [0.05, 0.1) is 17.0 Å². The molecule has 1 unspecified atom stereocenters. The highest BCUT2D eigenvalue weighted by Gasteiger charge is 2.37. The van der Waals surface area contributed by atoms with E-state index in [1.165, 1.54) is 11.9 Å². The van der Waals surface area contributed by atoms with Crippen molar-refractivity contribution >= 4 is 21.4 Å². The van der Waals surface area contributed by atoms with Gasteiger partial charge < -0.3 is 4.90 Å². The molecule has 106 valence electrons. The number of hydrogen-bond donors (Lipinski definition) is 0. The average Bonchev–Trinajstić information content (AvgIpc) is 2.45. The van der Waals surface area contributed by atoms with Crippen molar-refractivity contribution in [2.45, 2.75) is 24.5 Å². The first kappa shape index (κ1) is 14.5. The second-order valence-electron chi connectivity index (χ2n) is 4.88. The van der Waals surface area contributed by atoms with Crippen LogP contribution in [0.3, 0.4) is 0 Å². The van der Waals surface area contributed by atoms with Crippen LogP contribution in [0.2, 0.25) is 0 Å². The number of benzene rings is 1. The molecular weight excluding hydrogens is 276 g/mol. The van der Waals surface area contributed by atoms with Gasteiger partial charge in [0.1, 0.15) is 11.3 Å². The Morgan fingerprint density at radius 1 is 1.35 bits per heavy atom. The highest BCUT2D eigenvalue weighted by Crippen LogP contribution is 2.25. The van der Waals surface area contributed by atoms with Crippen LogP contribution in [0.25, 0.3) is 0 Å². The lowest BCUT2D eigenvalue weighted by atomic mass is 10.1. The normalized spacial score (nSPS) is 20.9. The number of carbonyl (C=O) groups is 1. The number of anilines is 1. The van der Waals surface area contributed by atoms with Crippen molar-refractivity contribution in [1.29, 1.82) is 5.26 Å². The number of carbonyl (C=O) groups excluding carboxylic acids is 1. The molecular formula is C14H16N2O3S. The van der Waals surface area contributed by atoms with E-state index in [9.17, 15) is 13.2 Å². The lowest BCUT2D eigenvalue weighted by Crippen LogP contribution is -2.44. The summed E-state index contributed by atoms with van der Waals surface area (Å²) in [6, 6.07) is 8.69. The van der Waals surface area contributed by atoms with Gasteiger partial charge >= 0.3 is 0 Å². The van der Waals surface area contributed by atoms with E-state index in [0.29, 0.717) is 24.1 Å². The van der Waals surface area contributed by atoms with E-state index >= 15 is 0 Å². The summed E-state index contributed by atoms with van der Waals surface area (Å²) in [5.41, 5.74) is 0.803. The zero-order chi connectivity index (χ0) is 14.8. The van der Waals surface area contributed by atoms with E-state index in [1.54, 1.807) is 24.3 Å². The quantitative estimate of drug-likeness (QED) is 0.827. The molecule has 1 fully saturated rings. The second kappa shape index (κ2) is 5.63. The summed E-state index contributed by atoms with van der Waals surface area (Å²) in [5, 5.41) is 8.08. The monoisotopic (exact) mass is 292 g/mol. The van der Waals surface area contributed by atoms with Gasteiger partial charge in [-0.15, -0.1) is 0 Å². The average molecular weight is 292 g/mol. The lowest BCUT2D eigenvalue weighted by Gasteiger charge is -2.26. The molecule has 1 aliphatic heterocycles. The Bertz CT molecular complexity index is 661. The van der Waals surface area contributed by atoms with E-state index in [-0.39, 0.29) is 5.75 Å². The van der Waals surface area contributed by atoms with E-state index in [4.69, 9.17) is 5.26 Å². The van der Waals surface area contributed by atoms with Crippen LogP contribution in [0.4, 0.5) is 5.69 Å². The topological polar surface area (TPSA) is 78.2 Å². The molecule has 0 aliphatic carbocycles. The van der Waals surface area contributed by atoms with Crippen molar-refractivity contribution in [3.05, 3.63) is 29.8 Å². The van der Waals surface area contributed by atoms with Crippen LogP contribution in [0.5, 0.6) is 0 Å². The first-order valence-corrected chi connectivity index (χ1v) is 8.17. The molecule has 0 bridgehead atoms. The zero-order valence-electron chi connectivity index (χ0n) is 11.2. The standard InChI is InChI=1S/C14H16N2O3S/c1-16(12-7-3-2-6-11(12)10-15)14(17)13-8-4-5-9-20(13,18)19/h2-3,6-7,13H,4-5,8-9H2,1H3. The largest absolute Gasteiger partial charge is 0.313 e. The first-order valence-electron chi connectivity index (χ1n) is 6.45. The SMILES string of the molecule is CN(C(=O)C1CCCCS1(=O)=O)c1ccccc1C#N. The summed E-state index contributed by atoms with van der Waals surface area (Å²) in [5.74, 6) is -0.385. The van der Waals surface area contributed by atoms with Crippen molar-refractivity contribution in [3.8, 4) is 6.07 Å². The third-order valence-electron chi connectivity index (χ3n) is 3.57. The van der Waals surface area contributed by atoms with Gasteiger partial charge in [0, 0.05) is 7.05 Å². The summed E-state index contributed by atoms with van der Waals surface area (Å²) in [6.07, 6.45) is 1.72. The summed E-state index contributed by atoms with van der Waals surface area (Å²) in [7, 11) is -1.85. The van der Waals surface area contributed by atoms with Crippen LogP contribution in [-0.2, 0) is 14.6 Å². The first-order chi connectivity index (χ1) is 9.47. The fraction of sp³-hybridized carbons (Fsp3) is 0.429. The number of sulfone groups is 1. The maximum Gasteiger partial charge on any atom is 0.245 e. The molecule has 1 aromatic rings. The number of amides is 1. The Kier molecular flexibility index (Phi) is 4.09. The van der Waals surface area contributed by atoms with Crippen molar-refractivity contribution in [2.24, 2.45) is 0 Å². The minimum atomic E-state index is -3.37.